The number of hydrazine groups is 1. The number of rotatable bonds is 1. The molecule has 0 atom stereocenters. The molecule has 0 spiro atoms. The maximum absolute atomic E-state index is 11.5. The molecule has 1 heterocycles. The maximum atomic E-state index is 11.5. The first-order valence-corrected chi connectivity index (χ1v) is 4.67. The Morgan fingerprint density at radius 3 is 2.83 bits per heavy atom. The van der Waals surface area contributed by atoms with E-state index in [9.17, 15) is 4.79 Å². The number of hydrogen-bond acceptors (Lipinski definition) is 2. The topological polar surface area (TPSA) is 32.3 Å². The maximum Gasteiger partial charge on any atom is 0.269 e. The van der Waals surface area contributed by atoms with Gasteiger partial charge in [0.25, 0.3) is 5.91 Å². The van der Waals surface area contributed by atoms with Crippen LogP contribution in [-0.4, -0.2) is 10.9 Å². The van der Waals surface area contributed by atoms with Gasteiger partial charge < -0.3 is 0 Å². The van der Waals surface area contributed by atoms with Gasteiger partial charge in [0, 0.05) is 28.4 Å². The van der Waals surface area contributed by atoms with E-state index >= 15 is 0 Å². The van der Waals surface area contributed by atoms with E-state index in [-0.39, 0.29) is 5.91 Å². The van der Waals surface area contributed by atoms with Crippen molar-refractivity contribution in [2.24, 2.45) is 0 Å². The average Bonchev–Trinajstić information content (AvgIpc) is 2.44. The van der Waals surface area contributed by atoms with Crippen molar-refractivity contribution < 1.29 is 4.79 Å². The molecule has 0 saturated carbocycles. The Labute approximate surface area is 84.2 Å². The number of halogens is 1. The van der Waals surface area contributed by atoms with Crippen LogP contribution >= 0.6 is 22.9 Å². The molecule has 0 aliphatic carbocycles. The third-order valence-electron chi connectivity index (χ3n) is 1.92. The zero-order chi connectivity index (χ0) is 8.55. The van der Waals surface area contributed by atoms with Crippen LogP contribution in [0.2, 0.25) is 0 Å². The number of nitrogens with one attached hydrogen (secondary N) is 1. The lowest BCUT2D eigenvalue weighted by molar-refractivity contribution is 0.0759. The highest BCUT2D eigenvalue weighted by atomic mass is 127. The van der Waals surface area contributed by atoms with Gasteiger partial charge in [0.1, 0.15) is 0 Å². The van der Waals surface area contributed by atoms with Gasteiger partial charge in [0.2, 0.25) is 0 Å². The Morgan fingerprint density at radius 2 is 2.17 bits per heavy atom. The molecule has 4 heteroatoms. The Balaban J connectivity index is 2.42. The molecule has 1 aliphatic heterocycles. The number of nitrogens with zero attached hydrogens (tertiary/aromatic N) is 1. The first-order valence-electron chi connectivity index (χ1n) is 3.59. The number of benzene rings is 1. The van der Waals surface area contributed by atoms with Gasteiger partial charge in [-0.05, 0) is 11.6 Å². The largest absolute Gasteiger partial charge is 0.269 e. The minimum atomic E-state index is 0.0556. The van der Waals surface area contributed by atoms with E-state index in [2.05, 4.69) is 3.64 Å². The lowest BCUT2D eigenvalue weighted by Gasteiger charge is -2.10. The molecule has 0 radical (unpaired) electrons. The quantitative estimate of drug-likeness (QED) is 0.621. The van der Waals surface area contributed by atoms with E-state index in [1.807, 2.05) is 47.1 Å². The zero-order valence-electron chi connectivity index (χ0n) is 6.25. The second kappa shape index (κ2) is 3.02. The van der Waals surface area contributed by atoms with Gasteiger partial charge in [-0.3, -0.25) is 9.80 Å². The van der Waals surface area contributed by atoms with Gasteiger partial charge >= 0.3 is 0 Å². The third-order valence-corrected chi connectivity index (χ3v) is 2.51. The summed E-state index contributed by atoms with van der Waals surface area (Å²) in [5.41, 5.74) is 1.90. The molecule has 0 unspecified atom stereocenters. The summed E-state index contributed by atoms with van der Waals surface area (Å²) in [6.45, 7) is 0.665. The van der Waals surface area contributed by atoms with Crippen molar-refractivity contribution >= 4 is 28.8 Å². The third kappa shape index (κ3) is 1.11. The molecule has 1 aliphatic rings. The van der Waals surface area contributed by atoms with E-state index in [1.54, 1.807) is 5.01 Å². The van der Waals surface area contributed by atoms with Crippen LogP contribution in [0, 0.1) is 0 Å². The summed E-state index contributed by atoms with van der Waals surface area (Å²) in [5, 5.41) is 1.59. The first kappa shape index (κ1) is 8.00. The van der Waals surface area contributed by atoms with Crippen LogP contribution in [0.3, 0.4) is 0 Å². The van der Waals surface area contributed by atoms with Gasteiger partial charge in [-0.25, -0.2) is 0 Å². The summed E-state index contributed by atoms with van der Waals surface area (Å²) in [5.74, 6) is 0.0556. The summed E-state index contributed by atoms with van der Waals surface area (Å²) in [6.07, 6.45) is 0. The van der Waals surface area contributed by atoms with Crippen LogP contribution in [0.25, 0.3) is 0 Å². The fourth-order valence-corrected chi connectivity index (χ4v) is 1.71. The molecule has 62 valence electrons. The predicted octanol–water partition coefficient (Wildman–Crippen LogP) is 1.50. The second-order valence-corrected chi connectivity index (χ2v) is 3.12. The van der Waals surface area contributed by atoms with E-state index in [4.69, 9.17) is 0 Å². The highest BCUT2D eigenvalue weighted by Crippen LogP contribution is 2.20. The average molecular weight is 274 g/mol. The number of amides is 1. The highest BCUT2D eigenvalue weighted by Gasteiger charge is 2.25. The minimum absolute atomic E-state index is 0.0556. The van der Waals surface area contributed by atoms with Crippen molar-refractivity contribution in [3.05, 3.63) is 35.4 Å². The van der Waals surface area contributed by atoms with E-state index in [1.165, 1.54) is 0 Å². The molecule has 1 N–H and O–H groups in total. The Morgan fingerprint density at radius 1 is 1.42 bits per heavy atom. The zero-order valence-corrected chi connectivity index (χ0v) is 8.41. The molecule has 2 rings (SSSR count). The van der Waals surface area contributed by atoms with E-state index < -0.39 is 0 Å². The van der Waals surface area contributed by atoms with Crippen molar-refractivity contribution in [3.8, 4) is 0 Å². The fraction of sp³-hybridized carbons (Fsp3) is 0.125. The molecular formula is C8H7IN2O. The summed E-state index contributed by atoms with van der Waals surface area (Å²) < 4.78 is 2.81. The summed E-state index contributed by atoms with van der Waals surface area (Å²) in [7, 11) is 0. The molecule has 0 fully saturated rings. The molecule has 1 amide bonds. The van der Waals surface area contributed by atoms with Gasteiger partial charge in [-0.2, -0.15) is 3.64 Å². The molecule has 1 aromatic rings. The van der Waals surface area contributed by atoms with Gasteiger partial charge in [-0.1, -0.05) is 18.2 Å². The SMILES string of the molecule is O=C1c2ccccc2CN1NI. The van der Waals surface area contributed by atoms with E-state index in [0.29, 0.717) is 6.54 Å². The summed E-state index contributed by atoms with van der Waals surface area (Å²) in [6, 6.07) is 7.66. The number of carbonyl (C=O) groups excluding carboxylic acids is 1. The first-order chi connectivity index (χ1) is 5.83. The lowest BCUT2D eigenvalue weighted by Crippen LogP contribution is -2.30. The standard InChI is InChI=1S/C8H7IN2O/c9-10-11-5-6-3-1-2-4-7(6)8(11)12/h1-4,10H,5H2. The van der Waals surface area contributed by atoms with Crippen LogP contribution in [0.1, 0.15) is 15.9 Å². The number of hydrogen-bond donors (Lipinski definition) is 1. The van der Waals surface area contributed by atoms with Gasteiger partial charge in [0.05, 0.1) is 6.54 Å². The van der Waals surface area contributed by atoms with Crippen molar-refractivity contribution in [2.75, 3.05) is 0 Å². The normalized spacial score (nSPS) is 15.1. The van der Waals surface area contributed by atoms with Crippen LogP contribution in [0.4, 0.5) is 0 Å². The van der Waals surface area contributed by atoms with Crippen molar-refractivity contribution in [1.29, 1.82) is 0 Å². The number of fused-ring (bicyclic) bond motifs is 1. The van der Waals surface area contributed by atoms with Gasteiger partial charge in [-0.15, -0.1) is 0 Å². The molecule has 0 aromatic heterocycles. The summed E-state index contributed by atoms with van der Waals surface area (Å²) in [4.78, 5) is 11.5. The van der Waals surface area contributed by atoms with Crippen molar-refractivity contribution in [3.63, 3.8) is 0 Å². The van der Waals surface area contributed by atoms with Crippen LogP contribution in [-0.2, 0) is 6.54 Å². The van der Waals surface area contributed by atoms with Gasteiger partial charge in [0.15, 0.2) is 0 Å². The molecule has 3 nitrogen and oxygen atoms in total. The molecular weight excluding hydrogens is 267 g/mol. The van der Waals surface area contributed by atoms with Crippen LogP contribution in [0.15, 0.2) is 24.3 Å². The molecule has 12 heavy (non-hydrogen) atoms. The van der Waals surface area contributed by atoms with Crippen LogP contribution in [0.5, 0.6) is 0 Å². The number of carbonyl (C=O) groups is 1. The van der Waals surface area contributed by atoms with E-state index in [0.717, 1.165) is 11.1 Å². The monoisotopic (exact) mass is 274 g/mol. The fourth-order valence-electron chi connectivity index (χ4n) is 1.32. The summed E-state index contributed by atoms with van der Waals surface area (Å²) >= 11 is 1.96. The highest BCUT2D eigenvalue weighted by molar-refractivity contribution is 14.1. The lowest BCUT2D eigenvalue weighted by atomic mass is 10.1. The second-order valence-electron chi connectivity index (χ2n) is 2.63. The molecule has 1 aromatic carbocycles. The smallest absolute Gasteiger partial charge is 0.268 e. The minimum Gasteiger partial charge on any atom is -0.268 e. The molecule has 0 bridgehead atoms. The Hall–Kier alpha value is -0.620. The Kier molecular flexibility index (Phi) is 2.02. The Bertz CT molecular complexity index is 327. The predicted molar refractivity (Wildman–Crippen MR) is 53.5 cm³/mol. The molecule has 0 saturated heterocycles. The van der Waals surface area contributed by atoms with Crippen molar-refractivity contribution in [1.82, 2.24) is 8.65 Å². The van der Waals surface area contributed by atoms with Crippen molar-refractivity contribution in [2.45, 2.75) is 6.54 Å². The van der Waals surface area contributed by atoms with Crippen LogP contribution < -0.4 is 3.64 Å².